The summed E-state index contributed by atoms with van der Waals surface area (Å²) < 4.78 is 34.1. The van der Waals surface area contributed by atoms with Crippen LogP contribution in [0.15, 0.2) is 12.1 Å². The number of likely N-dealkylation sites (tertiary alicyclic amines) is 1. The average molecular weight is 467 g/mol. The first-order chi connectivity index (χ1) is 13.8. The van der Waals surface area contributed by atoms with Crippen LogP contribution in [0.25, 0.3) is 0 Å². The Kier molecular flexibility index (Phi) is 10.4. The van der Waals surface area contributed by atoms with Crippen LogP contribution in [-0.2, 0) is 4.43 Å². The van der Waals surface area contributed by atoms with Gasteiger partial charge < -0.3 is 9.33 Å². The van der Waals surface area contributed by atoms with Crippen molar-refractivity contribution in [2.45, 2.75) is 83.3 Å². The van der Waals surface area contributed by atoms with Gasteiger partial charge in [-0.15, -0.1) is 0 Å². The highest BCUT2D eigenvalue weighted by Gasteiger charge is 2.34. The number of rotatable bonds is 11. The van der Waals surface area contributed by atoms with Crippen LogP contribution in [0, 0.1) is 5.82 Å². The van der Waals surface area contributed by atoms with Crippen molar-refractivity contribution in [3.05, 3.63) is 33.6 Å². The number of unbranched alkanes of at least 4 members (excludes halogenated alkanes) is 1. The Hall–Kier alpha value is -0.203. The molecule has 2 unspecified atom stereocenters. The molecule has 1 aliphatic rings. The van der Waals surface area contributed by atoms with E-state index in [2.05, 4.69) is 25.7 Å². The van der Waals surface area contributed by atoms with E-state index in [-0.39, 0.29) is 6.10 Å². The summed E-state index contributed by atoms with van der Waals surface area (Å²) in [6.45, 7) is 8.99. The van der Waals surface area contributed by atoms with Crippen molar-refractivity contribution >= 4 is 31.5 Å². The predicted octanol–water partition coefficient (Wildman–Crippen LogP) is 7.80. The van der Waals surface area contributed by atoms with Crippen LogP contribution >= 0.6 is 23.2 Å². The fraction of sp³-hybridized carbons (Fsp3) is 0.727. The minimum Gasteiger partial charge on any atom is -0.410 e. The molecule has 0 radical (unpaired) electrons. The summed E-state index contributed by atoms with van der Waals surface area (Å²) in [6, 6.07) is 5.72. The molecule has 0 aromatic heterocycles. The highest BCUT2D eigenvalue weighted by atomic mass is 35.5. The molecule has 166 valence electrons. The van der Waals surface area contributed by atoms with E-state index in [0.29, 0.717) is 28.6 Å². The van der Waals surface area contributed by atoms with Crippen LogP contribution in [0.5, 0.6) is 0 Å². The third kappa shape index (κ3) is 7.17. The highest BCUT2D eigenvalue weighted by molar-refractivity contribution is 6.73. The molecule has 1 aliphatic heterocycles. The fourth-order valence-electron chi connectivity index (χ4n) is 4.29. The van der Waals surface area contributed by atoms with Crippen molar-refractivity contribution in [1.29, 1.82) is 0 Å². The first-order valence-electron chi connectivity index (χ1n) is 11.0. The Labute approximate surface area is 186 Å². The zero-order valence-corrected chi connectivity index (χ0v) is 20.5. The molecule has 1 heterocycles. The minimum absolute atomic E-state index is 0.225. The van der Waals surface area contributed by atoms with E-state index >= 15 is 0 Å². The summed E-state index contributed by atoms with van der Waals surface area (Å²) in [5.74, 6) is -0.432. The lowest BCUT2D eigenvalue weighted by molar-refractivity contribution is 0.132. The summed E-state index contributed by atoms with van der Waals surface area (Å²) in [7, 11) is -1.90. The van der Waals surface area contributed by atoms with Gasteiger partial charge in [0.1, 0.15) is 12.0 Å². The SMILES string of the molecule is CC[Si](CC)(CC)OC(CCCCN1CCCC(F)C1)c1c(Cl)cc(F)cc1Cl. The van der Waals surface area contributed by atoms with Crippen molar-refractivity contribution in [1.82, 2.24) is 4.90 Å². The maximum atomic E-state index is 13.7. The zero-order valence-electron chi connectivity index (χ0n) is 18.0. The number of nitrogens with zero attached hydrogens (tertiary/aromatic N) is 1. The van der Waals surface area contributed by atoms with E-state index in [1.807, 2.05) is 0 Å². The zero-order chi connectivity index (χ0) is 21.4. The molecule has 1 aromatic carbocycles. The summed E-state index contributed by atoms with van der Waals surface area (Å²) in [6.07, 6.45) is 3.40. The Morgan fingerprint density at radius 3 is 2.31 bits per heavy atom. The second kappa shape index (κ2) is 12.0. The summed E-state index contributed by atoms with van der Waals surface area (Å²) in [5, 5.41) is 0.671. The molecule has 2 rings (SSSR count). The summed E-state index contributed by atoms with van der Waals surface area (Å²) in [5.41, 5.74) is 0.712. The van der Waals surface area contributed by atoms with Gasteiger partial charge in [0.15, 0.2) is 8.32 Å². The molecule has 0 bridgehead atoms. The number of benzene rings is 1. The van der Waals surface area contributed by atoms with Crippen molar-refractivity contribution in [3.63, 3.8) is 0 Å². The third-order valence-electron chi connectivity index (χ3n) is 6.33. The lowest BCUT2D eigenvalue weighted by atomic mass is 10.0. The quantitative estimate of drug-likeness (QED) is 0.244. The van der Waals surface area contributed by atoms with E-state index in [0.717, 1.165) is 56.9 Å². The summed E-state index contributed by atoms with van der Waals surface area (Å²) >= 11 is 12.8. The van der Waals surface area contributed by atoms with Crippen molar-refractivity contribution < 1.29 is 13.2 Å². The lowest BCUT2D eigenvalue weighted by Gasteiger charge is -2.34. The van der Waals surface area contributed by atoms with Crippen LogP contribution in [0.2, 0.25) is 28.2 Å². The van der Waals surface area contributed by atoms with Gasteiger partial charge in [0, 0.05) is 12.1 Å². The molecule has 1 aromatic rings. The molecule has 1 saturated heterocycles. The fourth-order valence-corrected chi connectivity index (χ4v) is 7.84. The maximum Gasteiger partial charge on any atom is 0.192 e. The van der Waals surface area contributed by atoms with E-state index in [1.54, 1.807) is 0 Å². The molecule has 0 N–H and O–H groups in total. The number of alkyl halides is 1. The number of hydrogen-bond acceptors (Lipinski definition) is 2. The Bertz CT molecular complexity index is 614. The van der Waals surface area contributed by atoms with Gasteiger partial charge in [-0.05, 0) is 75.5 Å². The molecule has 29 heavy (non-hydrogen) atoms. The molecule has 2 atom stereocenters. The average Bonchev–Trinajstić information content (AvgIpc) is 2.68. The van der Waals surface area contributed by atoms with Crippen molar-refractivity contribution in [3.8, 4) is 0 Å². The minimum atomic E-state index is -1.90. The number of piperidine rings is 1. The Balaban J connectivity index is 2.09. The smallest absolute Gasteiger partial charge is 0.192 e. The van der Waals surface area contributed by atoms with Gasteiger partial charge >= 0.3 is 0 Å². The lowest BCUT2D eigenvalue weighted by Crippen LogP contribution is -2.38. The second-order valence-corrected chi connectivity index (χ2v) is 13.7. The second-order valence-electron chi connectivity index (χ2n) is 8.17. The predicted molar refractivity (Wildman–Crippen MR) is 122 cm³/mol. The molecule has 0 amide bonds. The normalized spacial score (nSPS) is 19.5. The largest absolute Gasteiger partial charge is 0.410 e. The Morgan fingerprint density at radius 2 is 1.76 bits per heavy atom. The first-order valence-corrected chi connectivity index (χ1v) is 14.3. The van der Waals surface area contributed by atoms with Crippen LogP contribution in [-0.4, -0.2) is 39.0 Å². The van der Waals surface area contributed by atoms with E-state index in [9.17, 15) is 8.78 Å². The third-order valence-corrected chi connectivity index (χ3v) is 11.6. The van der Waals surface area contributed by atoms with Gasteiger partial charge in [-0.2, -0.15) is 0 Å². The van der Waals surface area contributed by atoms with Gasteiger partial charge in [-0.1, -0.05) is 44.0 Å². The number of halogens is 4. The topological polar surface area (TPSA) is 12.5 Å². The van der Waals surface area contributed by atoms with Gasteiger partial charge in [0.25, 0.3) is 0 Å². The molecule has 0 saturated carbocycles. The summed E-state index contributed by atoms with van der Waals surface area (Å²) in [4.78, 5) is 2.21. The van der Waals surface area contributed by atoms with E-state index in [1.165, 1.54) is 12.1 Å². The monoisotopic (exact) mass is 465 g/mol. The molecule has 0 aliphatic carbocycles. The van der Waals surface area contributed by atoms with Gasteiger partial charge in [0.2, 0.25) is 0 Å². The Morgan fingerprint density at radius 1 is 1.14 bits per heavy atom. The highest BCUT2D eigenvalue weighted by Crippen LogP contribution is 2.40. The molecule has 7 heteroatoms. The number of hydrogen-bond donors (Lipinski definition) is 0. The maximum absolute atomic E-state index is 13.7. The van der Waals surface area contributed by atoms with Crippen molar-refractivity contribution in [2.24, 2.45) is 0 Å². The van der Waals surface area contributed by atoms with Gasteiger partial charge in [-0.25, -0.2) is 8.78 Å². The van der Waals surface area contributed by atoms with Crippen LogP contribution in [0.4, 0.5) is 8.78 Å². The standard InChI is InChI=1S/C22H35Cl2F2NOSi/c1-4-29(5-2,6-3)28-21(22-19(23)14-18(26)15-20(22)24)11-7-8-12-27-13-9-10-17(25)16-27/h14-15,17,21H,4-13,16H2,1-3H3. The van der Waals surface area contributed by atoms with Crippen LogP contribution in [0.3, 0.4) is 0 Å². The van der Waals surface area contributed by atoms with Crippen LogP contribution < -0.4 is 0 Å². The van der Waals surface area contributed by atoms with Crippen molar-refractivity contribution in [2.75, 3.05) is 19.6 Å². The molecule has 1 fully saturated rings. The molecule has 0 spiro atoms. The van der Waals surface area contributed by atoms with Crippen LogP contribution in [0.1, 0.15) is 64.5 Å². The van der Waals surface area contributed by atoms with Gasteiger partial charge in [-0.3, -0.25) is 0 Å². The van der Waals surface area contributed by atoms with E-state index in [4.69, 9.17) is 27.6 Å². The first kappa shape index (κ1) is 25.1. The van der Waals surface area contributed by atoms with Gasteiger partial charge in [0.05, 0.1) is 16.1 Å². The molecular weight excluding hydrogens is 431 g/mol. The molecular formula is C22H35Cl2F2NOSi. The van der Waals surface area contributed by atoms with E-state index < -0.39 is 20.3 Å². The molecule has 2 nitrogen and oxygen atoms in total.